The summed E-state index contributed by atoms with van der Waals surface area (Å²) >= 11 is 5.41. The Morgan fingerprint density at radius 1 is 0.812 bits per heavy atom. The van der Waals surface area contributed by atoms with Gasteiger partial charge < -0.3 is 20.1 Å². The molecule has 9 heteroatoms. The number of benzene rings is 3. The summed E-state index contributed by atoms with van der Waals surface area (Å²) in [5.74, 6) is 0.975. The highest BCUT2D eigenvalue weighted by molar-refractivity contribution is 7.92. The van der Waals surface area contributed by atoms with Crippen molar-refractivity contribution in [3.05, 3.63) is 71.8 Å². The number of ether oxygens (including phenoxy) is 2. The molecule has 3 rings (SSSR count). The molecular formula is C23H25N3O4S2. The van der Waals surface area contributed by atoms with Gasteiger partial charge in [-0.05, 0) is 85.7 Å². The second-order valence-corrected chi connectivity index (χ2v) is 9.24. The summed E-state index contributed by atoms with van der Waals surface area (Å²) in [6, 6.07) is 17.2. The van der Waals surface area contributed by atoms with E-state index in [1.54, 1.807) is 37.4 Å². The molecule has 7 nitrogen and oxygen atoms in total. The van der Waals surface area contributed by atoms with Gasteiger partial charge in [0.25, 0.3) is 10.0 Å². The van der Waals surface area contributed by atoms with E-state index in [0.717, 1.165) is 16.8 Å². The van der Waals surface area contributed by atoms with Gasteiger partial charge in [0.15, 0.2) is 5.11 Å². The van der Waals surface area contributed by atoms with Gasteiger partial charge in [-0.1, -0.05) is 6.07 Å². The highest BCUT2D eigenvalue weighted by atomic mass is 32.2. The lowest BCUT2D eigenvalue weighted by atomic mass is 10.1. The first-order valence-electron chi connectivity index (χ1n) is 9.71. The summed E-state index contributed by atoms with van der Waals surface area (Å²) in [4.78, 5) is 0.0592. The van der Waals surface area contributed by atoms with Crippen LogP contribution in [0.4, 0.5) is 17.1 Å². The minimum atomic E-state index is -3.82. The standard InChI is InChI=1S/C23H25N3O4S2/c1-15-11-16(2)13-18(12-15)24-23(31)25-21-10-9-20(14-22(21)30-4)32(27,28)26-17-5-7-19(29-3)8-6-17/h5-14,26H,1-4H3,(H2,24,25,31). The molecule has 3 aromatic rings. The number of methoxy groups -OCH3 is 2. The third-order valence-electron chi connectivity index (χ3n) is 4.55. The average molecular weight is 472 g/mol. The molecule has 3 aromatic carbocycles. The fourth-order valence-electron chi connectivity index (χ4n) is 3.15. The van der Waals surface area contributed by atoms with E-state index < -0.39 is 10.0 Å². The van der Waals surface area contributed by atoms with E-state index in [1.165, 1.54) is 19.2 Å². The Morgan fingerprint density at radius 3 is 2.06 bits per heavy atom. The minimum Gasteiger partial charge on any atom is -0.497 e. The first kappa shape index (κ1) is 23.4. The van der Waals surface area contributed by atoms with Crippen LogP contribution in [-0.2, 0) is 10.0 Å². The number of hydrogen-bond donors (Lipinski definition) is 3. The smallest absolute Gasteiger partial charge is 0.262 e. The SMILES string of the molecule is COc1ccc(NS(=O)(=O)c2ccc(NC(=S)Nc3cc(C)cc(C)c3)c(OC)c2)cc1. The van der Waals surface area contributed by atoms with E-state index in [4.69, 9.17) is 21.7 Å². The summed E-state index contributed by atoms with van der Waals surface area (Å²) in [5.41, 5.74) is 4.06. The van der Waals surface area contributed by atoms with Crippen LogP contribution in [0, 0.1) is 13.8 Å². The van der Waals surface area contributed by atoms with E-state index in [9.17, 15) is 8.42 Å². The first-order chi connectivity index (χ1) is 15.2. The van der Waals surface area contributed by atoms with Crippen LogP contribution < -0.4 is 24.8 Å². The molecule has 0 aliphatic rings. The predicted molar refractivity (Wildman–Crippen MR) is 133 cm³/mol. The Labute approximate surface area is 193 Å². The highest BCUT2D eigenvalue weighted by Gasteiger charge is 2.17. The molecule has 0 radical (unpaired) electrons. The molecular weight excluding hydrogens is 446 g/mol. The number of sulfonamides is 1. The lowest BCUT2D eigenvalue weighted by Gasteiger charge is -2.16. The van der Waals surface area contributed by atoms with Crippen LogP contribution in [0.25, 0.3) is 0 Å². The molecule has 0 unspecified atom stereocenters. The zero-order chi connectivity index (χ0) is 23.3. The molecule has 32 heavy (non-hydrogen) atoms. The zero-order valence-electron chi connectivity index (χ0n) is 18.2. The van der Waals surface area contributed by atoms with E-state index in [-0.39, 0.29) is 4.90 Å². The fraction of sp³-hybridized carbons (Fsp3) is 0.174. The van der Waals surface area contributed by atoms with Gasteiger partial charge in [-0.3, -0.25) is 4.72 Å². The molecule has 0 heterocycles. The van der Waals surface area contributed by atoms with Gasteiger partial charge in [0.1, 0.15) is 11.5 Å². The average Bonchev–Trinajstić information content (AvgIpc) is 2.73. The number of anilines is 3. The van der Waals surface area contributed by atoms with Gasteiger partial charge in [-0.15, -0.1) is 0 Å². The minimum absolute atomic E-state index is 0.0592. The van der Waals surface area contributed by atoms with Crippen LogP contribution in [-0.4, -0.2) is 27.7 Å². The van der Waals surface area contributed by atoms with E-state index in [1.807, 2.05) is 26.0 Å². The second-order valence-electron chi connectivity index (χ2n) is 7.15. The maximum absolute atomic E-state index is 12.8. The van der Waals surface area contributed by atoms with Gasteiger partial charge >= 0.3 is 0 Å². The Hall–Kier alpha value is -3.30. The van der Waals surface area contributed by atoms with Crippen molar-refractivity contribution in [2.75, 3.05) is 29.6 Å². The highest BCUT2D eigenvalue weighted by Crippen LogP contribution is 2.29. The molecule has 0 saturated carbocycles. The zero-order valence-corrected chi connectivity index (χ0v) is 19.9. The molecule has 0 spiro atoms. The van der Waals surface area contributed by atoms with Gasteiger partial charge in [0.05, 0.1) is 24.8 Å². The molecule has 0 amide bonds. The van der Waals surface area contributed by atoms with Gasteiger partial charge in [0.2, 0.25) is 0 Å². The number of rotatable bonds is 7. The molecule has 0 aliphatic heterocycles. The van der Waals surface area contributed by atoms with Crippen LogP contribution in [0.1, 0.15) is 11.1 Å². The lowest BCUT2D eigenvalue weighted by molar-refractivity contribution is 0.415. The predicted octanol–water partition coefficient (Wildman–Crippen LogP) is 4.93. The Morgan fingerprint density at radius 2 is 1.47 bits per heavy atom. The normalized spacial score (nSPS) is 10.9. The quantitative estimate of drug-likeness (QED) is 0.421. The summed E-state index contributed by atoms with van der Waals surface area (Å²) < 4.78 is 38.6. The number of aryl methyl sites for hydroxylation is 2. The van der Waals surface area contributed by atoms with E-state index in [2.05, 4.69) is 21.4 Å². The third kappa shape index (κ3) is 5.89. The Kier molecular flexibility index (Phi) is 7.22. The number of hydrogen-bond acceptors (Lipinski definition) is 5. The molecule has 0 fully saturated rings. The van der Waals surface area contributed by atoms with Crippen LogP contribution in [0.15, 0.2) is 65.6 Å². The summed E-state index contributed by atoms with van der Waals surface area (Å²) in [7, 11) is -0.804. The van der Waals surface area contributed by atoms with Crippen molar-refractivity contribution in [3.8, 4) is 11.5 Å². The molecule has 0 saturated heterocycles. The molecule has 0 aromatic heterocycles. The molecule has 3 N–H and O–H groups in total. The molecule has 0 bridgehead atoms. The van der Waals surface area contributed by atoms with Crippen molar-refractivity contribution in [3.63, 3.8) is 0 Å². The monoisotopic (exact) mass is 471 g/mol. The second kappa shape index (κ2) is 9.88. The third-order valence-corrected chi connectivity index (χ3v) is 6.14. The number of nitrogens with one attached hydrogen (secondary N) is 3. The van der Waals surface area contributed by atoms with Crippen molar-refractivity contribution in [1.82, 2.24) is 0 Å². The Bertz CT molecular complexity index is 1210. The summed E-state index contributed by atoms with van der Waals surface area (Å²) in [6.07, 6.45) is 0. The van der Waals surface area contributed by atoms with E-state index >= 15 is 0 Å². The topological polar surface area (TPSA) is 88.7 Å². The van der Waals surface area contributed by atoms with Crippen LogP contribution in [0.2, 0.25) is 0 Å². The Balaban J connectivity index is 1.76. The fourth-order valence-corrected chi connectivity index (χ4v) is 4.45. The van der Waals surface area contributed by atoms with Gasteiger partial charge in [-0.25, -0.2) is 8.42 Å². The maximum atomic E-state index is 12.8. The van der Waals surface area contributed by atoms with Crippen molar-refractivity contribution < 1.29 is 17.9 Å². The molecule has 168 valence electrons. The van der Waals surface area contributed by atoms with Crippen LogP contribution in [0.5, 0.6) is 11.5 Å². The summed E-state index contributed by atoms with van der Waals surface area (Å²) in [5, 5.41) is 6.55. The number of thiocarbonyl (C=S) groups is 1. The summed E-state index contributed by atoms with van der Waals surface area (Å²) in [6.45, 7) is 4.02. The first-order valence-corrected chi connectivity index (χ1v) is 11.6. The van der Waals surface area contributed by atoms with Crippen molar-refractivity contribution in [1.29, 1.82) is 0 Å². The van der Waals surface area contributed by atoms with Gasteiger partial charge in [-0.2, -0.15) is 0 Å². The maximum Gasteiger partial charge on any atom is 0.262 e. The van der Waals surface area contributed by atoms with E-state index in [0.29, 0.717) is 28.0 Å². The van der Waals surface area contributed by atoms with Crippen molar-refractivity contribution in [2.24, 2.45) is 0 Å². The van der Waals surface area contributed by atoms with Crippen molar-refractivity contribution >= 4 is 44.4 Å². The largest absolute Gasteiger partial charge is 0.497 e. The van der Waals surface area contributed by atoms with Gasteiger partial charge in [0, 0.05) is 17.4 Å². The van der Waals surface area contributed by atoms with Crippen LogP contribution >= 0.6 is 12.2 Å². The molecule has 0 aliphatic carbocycles. The lowest BCUT2D eigenvalue weighted by Crippen LogP contribution is -2.20. The van der Waals surface area contributed by atoms with Crippen molar-refractivity contribution in [2.45, 2.75) is 18.7 Å². The van der Waals surface area contributed by atoms with Crippen LogP contribution in [0.3, 0.4) is 0 Å². The molecule has 0 atom stereocenters.